The highest BCUT2D eigenvalue weighted by atomic mass is 16.3. The molecule has 0 unspecified atom stereocenters. The molecule has 4 rings (SSSR count). The van der Waals surface area contributed by atoms with Crippen LogP contribution < -0.4 is 10.2 Å². The average Bonchev–Trinajstić information content (AvgIpc) is 3.44. The van der Waals surface area contributed by atoms with E-state index in [-0.39, 0.29) is 23.9 Å². The zero-order valence-electron chi connectivity index (χ0n) is 17.7. The fourth-order valence-corrected chi connectivity index (χ4v) is 3.60. The Labute approximate surface area is 179 Å². The van der Waals surface area contributed by atoms with Gasteiger partial charge < -0.3 is 24.1 Å². The van der Waals surface area contributed by atoms with Crippen LogP contribution in [0.25, 0.3) is 11.2 Å². The third kappa shape index (κ3) is 4.35. The molecule has 1 saturated heterocycles. The molecule has 1 aliphatic rings. The molecule has 4 heterocycles. The van der Waals surface area contributed by atoms with E-state index in [2.05, 4.69) is 25.3 Å². The maximum Gasteiger partial charge on any atom is 0.275 e. The van der Waals surface area contributed by atoms with E-state index in [1.54, 1.807) is 11.2 Å². The van der Waals surface area contributed by atoms with Gasteiger partial charge in [-0.3, -0.25) is 9.59 Å². The van der Waals surface area contributed by atoms with Gasteiger partial charge in [0.1, 0.15) is 12.6 Å². The molecular weight excluding hydrogens is 400 g/mol. The molecule has 1 N–H and O–H groups in total. The molecule has 164 valence electrons. The van der Waals surface area contributed by atoms with Gasteiger partial charge in [-0.05, 0) is 6.92 Å². The van der Waals surface area contributed by atoms with Gasteiger partial charge in [-0.1, -0.05) is 6.92 Å². The molecule has 0 saturated carbocycles. The van der Waals surface area contributed by atoms with Gasteiger partial charge in [0.25, 0.3) is 5.91 Å². The fraction of sp³-hybridized carbons (Fsp3) is 0.500. The molecule has 0 atom stereocenters. The number of hydrogen-bond donors (Lipinski definition) is 1. The van der Waals surface area contributed by atoms with Crippen molar-refractivity contribution in [3.63, 3.8) is 0 Å². The number of oxazole rings is 1. The number of aryl methyl sites for hydroxylation is 2. The van der Waals surface area contributed by atoms with E-state index in [0.717, 1.165) is 12.2 Å². The first-order valence-corrected chi connectivity index (χ1v) is 10.5. The maximum absolute atomic E-state index is 13.0. The fourth-order valence-electron chi connectivity index (χ4n) is 3.60. The molecule has 11 heteroatoms. The van der Waals surface area contributed by atoms with Gasteiger partial charge in [-0.15, -0.1) is 0 Å². The van der Waals surface area contributed by atoms with Crippen LogP contribution in [-0.2, 0) is 17.8 Å². The summed E-state index contributed by atoms with van der Waals surface area (Å²) in [6, 6.07) is 0. The minimum atomic E-state index is -0.250. The molecule has 3 aromatic rings. The van der Waals surface area contributed by atoms with Crippen molar-refractivity contribution in [3.8, 4) is 0 Å². The summed E-state index contributed by atoms with van der Waals surface area (Å²) in [5.41, 5.74) is 1.72. The predicted octanol–water partition coefficient (Wildman–Crippen LogP) is 0.865. The lowest BCUT2D eigenvalue weighted by molar-refractivity contribution is -0.121. The summed E-state index contributed by atoms with van der Waals surface area (Å²) in [4.78, 5) is 46.4. The lowest BCUT2D eigenvalue weighted by Crippen LogP contribution is -2.45. The third-order valence-electron chi connectivity index (χ3n) is 5.34. The highest BCUT2D eigenvalue weighted by Gasteiger charge is 2.24. The topological polar surface area (TPSA) is 122 Å². The van der Waals surface area contributed by atoms with Crippen LogP contribution in [0, 0.1) is 0 Å². The summed E-state index contributed by atoms with van der Waals surface area (Å²) in [5, 5.41) is 2.91. The predicted molar refractivity (Wildman–Crippen MR) is 113 cm³/mol. The summed E-state index contributed by atoms with van der Waals surface area (Å²) >= 11 is 0. The number of anilines is 1. The molecule has 0 spiro atoms. The van der Waals surface area contributed by atoms with Crippen LogP contribution in [-0.4, -0.2) is 73.9 Å². The molecule has 0 bridgehead atoms. The van der Waals surface area contributed by atoms with Gasteiger partial charge in [0, 0.05) is 52.1 Å². The lowest BCUT2D eigenvalue weighted by Gasteiger charge is -2.29. The number of fused-ring (bicyclic) bond motifs is 1. The maximum atomic E-state index is 13.0. The van der Waals surface area contributed by atoms with Gasteiger partial charge in [-0.25, -0.2) is 19.9 Å². The van der Waals surface area contributed by atoms with Crippen molar-refractivity contribution in [2.75, 3.05) is 37.6 Å². The van der Waals surface area contributed by atoms with Gasteiger partial charge in [0.05, 0.1) is 6.33 Å². The zero-order chi connectivity index (χ0) is 21.8. The van der Waals surface area contributed by atoms with E-state index >= 15 is 0 Å². The Morgan fingerprint density at radius 3 is 2.81 bits per heavy atom. The first-order chi connectivity index (χ1) is 15.1. The molecule has 0 aliphatic carbocycles. The van der Waals surface area contributed by atoms with E-state index in [9.17, 15) is 9.59 Å². The Balaban J connectivity index is 1.59. The van der Waals surface area contributed by atoms with Crippen molar-refractivity contribution in [1.82, 2.24) is 34.7 Å². The molecule has 0 radical (unpaired) electrons. The van der Waals surface area contributed by atoms with E-state index in [0.29, 0.717) is 56.4 Å². The van der Waals surface area contributed by atoms with E-state index in [1.165, 1.54) is 12.6 Å². The number of amides is 2. The van der Waals surface area contributed by atoms with Crippen LogP contribution in [0.2, 0.25) is 0 Å². The van der Waals surface area contributed by atoms with Crippen molar-refractivity contribution in [3.05, 3.63) is 30.5 Å². The summed E-state index contributed by atoms with van der Waals surface area (Å²) in [6.07, 6.45) is 5.49. The minimum absolute atomic E-state index is 0.0999. The van der Waals surface area contributed by atoms with E-state index in [4.69, 9.17) is 4.42 Å². The molecule has 1 fully saturated rings. The van der Waals surface area contributed by atoms with E-state index < -0.39 is 0 Å². The van der Waals surface area contributed by atoms with Crippen LogP contribution in [0.3, 0.4) is 0 Å². The van der Waals surface area contributed by atoms with Gasteiger partial charge in [0.2, 0.25) is 5.91 Å². The van der Waals surface area contributed by atoms with Gasteiger partial charge >= 0.3 is 0 Å². The van der Waals surface area contributed by atoms with Crippen LogP contribution in [0.15, 0.2) is 23.3 Å². The summed E-state index contributed by atoms with van der Waals surface area (Å²) in [6.45, 7) is 6.97. The van der Waals surface area contributed by atoms with Crippen molar-refractivity contribution < 1.29 is 14.0 Å². The number of carbonyl (C=O) groups is 2. The number of nitrogens with one attached hydrogen (secondary N) is 1. The Kier molecular flexibility index (Phi) is 6.10. The Morgan fingerprint density at radius 2 is 2.03 bits per heavy atom. The largest absolute Gasteiger partial charge is 0.448 e. The van der Waals surface area contributed by atoms with Crippen molar-refractivity contribution in [1.29, 1.82) is 0 Å². The Hall–Kier alpha value is -3.50. The van der Waals surface area contributed by atoms with Crippen LogP contribution in [0.4, 0.5) is 5.82 Å². The van der Waals surface area contributed by atoms with Crippen molar-refractivity contribution in [2.24, 2.45) is 0 Å². The lowest BCUT2D eigenvalue weighted by atomic mass is 10.2. The van der Waals surface area contributed by atoms with Crippen molar-refractivity contribution in [2.45, 2.75) is 33.2 Å². The SMILES string of the molecule is CCc1nc(C(=O)N2CCC(=O)NCCN(c3ncnc4c3ncn4CC)CC2)co1. The first kappa shape index (κ1) is 20.8. The second-order valence-electron chi connectivity index (χ2n) is 7.26. The minimum Gasteiger partial charge on any atom is -0.448 e. The molecule has 31 heavy (non-hydrogen) atoms. The molecule has 1 aliphatic heterocycles. The summed E-state index contributed by atoms with van der Waals surface area (Å²) < 4.78 is 7.28. The number of nitrogens with zero attached hydrogens (tertiary/aromatic N) is 7. The molecule has 2 amide bonds. The summed E-state index contributed by atoms with van der Waals surface area (Å²) in [5.74, 6) is 0.852. The normalized spacial score (nSPS) is 15.9. The van der Waals surface area contributed by atoms with Crippen LogP contribution in [0.5, 0.6) is 0 Å². The van der Waals surface area contributed by atoms with Crippen LogP contribution >= 0.6 is 0 Å². The first-order valence-electron chi connectivity index (χ1n) is 10.5. The number of aromatic nitrogens is 5. The smallest absolute Gasteiger partial charge is 0.275 e. The highest BCUT2D eigenvalue weighted by Crippen LogP contribution is 2.21. The third-order valence-corrected chi connectivity index (χ3v) is 5.34. The standard InChI is InChI=1S/C20H26N8O3/c1-3-16-25-14(11-31-16)20(30)28-7-5-15(29)21-6-8-27(9-10-28)19-17-18(22-12-23-19)26(4-2)13-24-17/h11-13H,3-10H2,1-2H3,(H,21,29). The molecule has 3 aromatic heterocycles. The second kappa shape index (κ2) is 9.11. The highest BCUT2D eigenvalue weighted by molar-refractivity contribution is 5.92. The Bertz CT molecular complexity index is 1080. The van der Waals surface area contributed by atoms with Crippen molar-refractivity contribution >= 4 is 28.8 Å². The molecular formula is C20H26N8O3. The van der Waals surface area contributed by atoms with Gasteiger partial charge in [-0.2, -0.15) is 0 Å². The summed E-state index contributed by atoms with van der Waals surface area (Å²) in [7, 11) is 0. The average molecular weight is 426 g/mol. The zero-order valence-corrected chi connectivity index (χ0v) is 17.7. The van der Waals surface area contributed by atoms with E-state index in [1.807, 2.05) is 23.3 Å². The van der Waals surface area contributed by atoms with Crippen LogP contribution in [0.1, 0.15) is 36.6 Å². The quantitative estimate of drug-likeness (QED) is 0.652. The number of imidazole rings is 1. The number of carbonyl (C=O) groups excluding carboxylic acids is 2. The monoisotopic (exact) mass is 426 g/mol. The van der Waals surface area contributed by atoms with Gasteiger partial charge in [0.15, 0.2) is 28.6 Å². The molecule has 11 nitrogen and oxygen atoms in total. The number of rotatable bonds is 4. The molecule has 0 aromatic carbocycles. The second-order valence-corrected chi connectivity index (χ2v) is 7.26. The Morgan fingerprint density at radius 1 is 1.16 bits per heavy atom. The number of hydrogen-bond acceptors (Lipinski definition) is 8.